The fraction of sp³-hybridized carbons (Fsp3) is 0.818. The number of ether oxygens (including phenoxy) is 1. The van der Waals surface area contributed by atoms with E-state index in [1.54, 1.807) is 0 Å². The van der Waals surface area contributed by atoms with Crippen molar-refractivity contribution in [2.75, 3.05) is 6.61 Å². The molecule has 0 aliphatic rings. The van der Waals surface area contributed by atoms with Crippen LogP contribution in [0.5, 0.6) is 0 Å². The largest absolute Gasteiger partial charge is 0.370 e. The van der Waals surface area contributed by atoms with Crippen LogP contribution >= 0.6 is 15.9 Å². The second-order valence-corrected chi connectivity index (χ2v) is 4.70. The summed E-state index contributed by atoms with van der Waals surface area (Å²) in [5, 5.41) is 3.98. The zero-order valence-corrected chi connectivity index (χ0v) is 11.7. The molecule has 0 fully saturated rings. The first-order valence-corrected chi connectivity index (χ1v) is 6.73. The highest BCUT2D eigenvalue weighted by atomic mass is 79.9. The Balaban J connectivity index is 2.72. The van der Waals surface area contributed by atoms with Crippen molar-refractivity contribution in [3.63, 3.8) is 0 Å². The van der Waals surface area contributed by atoms with Gasteiger partial charge in [0.2, 0.25) is 11.7 Å². The lowest BCUT2D eigenvalue weighted by Crippen LogP contribution is -2.06. The van der Waals surface area contributed by atoms with Crippen LogP contribution in [-0.2, 0) is 4.74 Å². The van der Waals surface area contributed by atoms with Crippen molar-refractivity contribution >= 4 is 15.9 Å². The Hall–Kier alpha value is -0.420. The van der Waals surface area contributed by atoms with E-state index in [-0.39, 0.29) is 10.9 Å². The Labute approximate surface area is 105 Å². The van der Waals surface area contributed by atoms with Crippen molar-refractivity contribution in [1.29, 1.82) is 0 Å². The molecule has 1 rings (SSSR count). The maximum atomic E-state index is 5.59. The van der Waals surface area contributed by atoms with Crippen molar-refractivity contribution in [2.45, 2.75) is 51.0 Å². The summed E-state index contributed by atoms with van der Waals surface area (Å²) in [7, 11) is 0. The van der Waals surface area contributed by atoms with E-state index < -0.39 is 0 Å². The van der Waals surface area contributed by atoms with Gasteiger partial charge in [-0.1, -0.05) is 41.4 Å². The topological polar surface area (TPSA) is 48.2 Å². The monoisotopic (exact) mass is 290 g/mol. The Morgan fingerprint density at radius 2 is 2.12 bits per heavy atom. The fourth-order valence-electron chi connectivity index (χ4n) is 1.43. The van der Waals surface area contributed by atoms with Crippen molar-refractivity contribution in [3.05, 3.63) is 11.7 Å². The summed E-state index contributed by atoms with van der Waals surface area (Å²) in [6.45, 7) is 6.82. The number of aromatic nitrogens is 2. The number of rotatable bonds is 7. The minimum atomic E-state index is -0.0379. The molecule has 5 heteroatoms. The molecule has 0 bridgehead atoms. The molecule has 0 radical (unpaired) electrons. The molecule has 2 atom stereocenters. The highest BCUT2D eigenvalue weighted by Crippen LogP contribution is 2.27. The molecule has 4 nitrogen and oxygen atoms in total. The average Bonchev–Trinajstić information content (AvgIpc) is 2.77. The van der Waals surface area contributed by atoms with Gasteiger partial charge in [0.15, 0.2) is 0 Å². The molecule has 0 spiro atoms. The summed E-state index contributed by atoms with van der Waals surface area (Å²) in [4.78, 5) is 4.51. The first-order valence-electron chi connectivity index (χ1n) is 5.82. The fourth-order valence-corrected chi connectivity index (χ4v) is 1.62. The van der Waals surface area contributed by atoms with Crippen molar-refractivity contribution in [3.8, 4) is 0 Å². The van der Waals surface area contributed by atoms with E-state index >= 15 is 0 Å². The molecule has 0 aromatic carbocycles. The molecule has 0 N–H and O–H groups in total. The predicted octanol–water partition coefficient (Wildman–Crippen LogP) is 3.79. The van der Waals surface area contributed by atoms with E-state index in [1.807, 2.05) is 6.92 Å². The minimum absolute atomic E-state index is 0.0379. The van der Waals surface area contributed by atoms with Crippen LogP contribution in [0.3, 0.4) is 0 Å². The molecule has 0 aliphatic heterocycles. The molecule has 0 saturated heterocycles. The van der Waals surface area contributed by atoms with Crippen LogP contribution in [0, 0.1) is 0 Å². The third-order valence-electron chi connectivity index (χ3n) is 2.29. The van der Waals surface area contributed by atoms with Crippen LogP contribution in [-0.4, -0.2) is 16.7 Å². The number of hydrogen-bond acceptors (Lipinski definition) is 4. The molecular formula is C11H19BrN2O2. The van der Waals surface area contributed by atoms with Crippen LogP contribution in [0.1, 0.15) is 62.7 Å². The lowest BCUT2D eigenvalue weighted by Gasteiger charge is -2.11. The summed E-state index contributed by atoms with van der Waals surface area (Å²) in [6, 6.07) is 0. The van der Waals surface area contributed by atoms with Crippen LogP contribution in [0.4, 0.5) is 0 Å². The van der Waals surface area contributed by atoms with E-state index in [2.05, 4.69) is 39.9 Å². The molecule has 2 unspecified atom stereocenters. The Morgan fingerprint density at radius 3 is 2.69 bits per heavy atom. The van der Waals surface area contributed by atoms with Gasteiger partial charge in [0.05, 0.1) is 4.83 Å². The van der Waals surface area contributed by atoms with Crippen molar-refractivity contribution in [2.24, 2.45) is 0 Å². The van der Waals surface area contributed by atoms with E-state index in [0.29, 0.717) is 18.3 Å². The molecule has 1 heterocycles. The van der Waals surface area contributed by atoms with Crippen LogP contribution in [0.25, 0.3) is 0 Å². The van der Waals surface area contributed by atoms with Gasteiger partial charge in [-0.25, -0.2) is 0 Å². The standard InChI is InChI=1S/C11H19BrN2O2/c1-4-7-9(15-6-3)10-13-11(16-14-10)8(12)5-2/h8-9H,4-7H2,1-3H3. The quantitative estimate of drug-likeness (QED) is 0.717. The van der Waals surface area contributed by atoms with Gasteiger partial charge < -0.3 is 9.26 Å². The molecule has 0 aliphatic carbocycles. The number of alkyl halides is 1. The van der Waals surface area contributed by atoms with Crippen molar-refractivity contribution < 1.29 is 9.26 Å². The second-order valence-electron chi connectivity index (χ2n) is 3.60. The Kier molecular flexibility index (Phi) is 5.98. The molecule has 0 saturated carbocycles. The van der Waals surface area contributed by atoms with E-state index in [4.69, 9.17) is 9.26 Å². The zero-order valence-electron chi connectivity index (χ0n) is 10.1. The van der Waals surface area contributed by atoms with Crippen LogP contribution in [0.2, 0.25) is 0 Å². The van der Waals surface area contributed by atoms with Gasteiger partial charge in [-0.15, -0.1) is 0 Å². The summed E-state index contributed by atoms with van der Waals surface area (Å²) < 4.78 is 10.8. The first-order chi connectivity index (χ1) is 7.72. The molecule has 92 valence electrons. The Morgan fingerprint density at radius 1 is 1.38 bits per heavy atom. The third kappa shape index (κ3) is 3.56. The highest BCUT2D eigenvalue weighted by Gasteiger charge is 2.20. The predicted molar refractivity (Wildman–Crippen MR) is 65.5 cm³/mol. The van der Waals surface area contributed by atoms with Gasteiger partial charge in [0, 0.05) is 6.61 Å². The van der Waals surface area contributed by atoms with Gasteiger partial charge >= 0.3 is 0 Å². The molecule has 0 amide bonds. The van der Waals surface area contributed by atoms with Gasteiger partial charge in [-0.05, 0) is 19.8 Å². The maximum absolute atomic E-state index is 5.59. The second kappa shape index (κ2) is 7.01. The van der Waals surface area contributed by atoms with E-state index in [9.17, 15) is 0 Å². The van der Waals surface area contributed by atoms with E-state index in [0.717, 1.165) is 19.3 Å². The summed E-state index contributed by atoms with van der Waals surface area (Å²) in [6.07, 6.45) is 2.85. The molecule has 1 aromatic rings. The van der Waals surface area contributed by atoms with Gasteiger partial charge in [-0.2, -0.15) is 4.98 Å². The van der Waals surface area contributed by atoms with Gasteiger partial charge in [-0.3, -0.25) is 0 Å². The number of nitrogens with zero attached hydrogens (tertiary/aromatic N) is 2. The normalized spacial score (nSPS) is 15.0. The lowest BCUT2D eigenvalue weighted by atomic mass is 10.2. The van der Waals surface area contributed by atoms with Crippen LogP contribution < -0.4 is 0 Å². The average molecular weight is 291 g/mol. The molecular weight excluding hydrogens is 272 g/mol. The molecule has 1 aromatic heterocycles. The lowest BCUT2D eigenvalue weighted by molar-refractivity contribution is 0.0478. The van der Waals surface area contributed by atoms with E-state index in [1.165, 1.54) is 0 Å². The van der Waals surface area contributed by atoms with Gasteiger partial charge in [0.25, 0.3) is 0 Å². The SMILES string of the molecule is CCCC(OCC)c1noc(C(Br)CC)n1. The van der Waals surface area contributed by atoms with Crippen molar-refractivity contribution in [1.82, 2.24) is 10.1 Å². The smallest absolute Gasteiger partial charge is 0.240 e. The number of hydrogen-bond donors (Lipinski definition) is 0. The maximum Gasteiger partial charge on any atom is 0.240 e. The summed E-state index contributed by atoms with van der Waals surface area (Å²) in [5.74, 6) is 1.30. The van der Waals surface area contributed by atoms with Crippen LogP contribution in [0.15, 0.2) is 4.52 Å². The minimum Gasteiger partial charge on any atom is -0.370 e. The van der Waals surface area contributed by atoms with Gasteiger partial charge in [0.1, 0.15) is 6.10 Å². The summed E-state index contributed by atoms with van der Waals surface area (Å²) >= 11 is 3.49. The third-order valence-corrected chi connectivity index (χ3v) is 3.33. The Bertz CT molecular complexity index is 298. The summed E-state index contributed by atoms with van der Waals surface area (Å²) in [5.41, 5.74) is 0. The first kappa shape index (κ1) is 13.6. The number of halogens is 1. The molecule has 16 heavy (non-hydrogen) atoms. The zero-order chi connectivity index (χ0) is 12.0. The highest BCUT2D eigenvalue weighted by molar-refractivity contribution is 9.09.